The van der Waals surface area contributed by atoms with Gasteiger partial charge in [0.15, 0.2) is 0 Å². The molecule has 0 aliphatic rings. The SMILES string of the molecule is COC(=O)c1cc2c(c(C#N)cn2CC(F)(F)F)c(-c2cccc(O)c2C)c1N. The number of ether oxygens (including phenoxy) is 1. The zero-order chi connectivity index (χ0) is 21.5. The Morgan fingerprint density at radius 3 is 2.66 bits per heavy atom. The summed E-state index contributed by atoms with van der Waals surface area (Å²) in [7, 11) is 1.13. The Morgan fingerprint density at radius 1 is 1.38 bits per heavy atom. The normalized spacial score (nSPS) is 11.4. The fourth-order valence-electron chi connectivity index (χ4n) is 3.33. The van der Waals surface area contributed by atoms with E-state index in [4.69, 9.17) is 10.5 Å². The standard InChI is InChI=1S/C20H16F3N3O3/c1-10-12(4-3-5-15(10)27)17-16-11(7-24)8-26(9-20(21,22)23)14(16)6-13(18(17)25)19(28)29-2/h3-6,8,27H,9,25H2,1-2H3. The maximum atomic E-state index is 13.1. The lowest BCUT2D eigenvalue weighted by atomic mass is 9.91. The molecule has 9 heteroatoms. The number of rotatable bonds is 3. The number of nitriles is 1. The lowest BCUT2D eigenvalue weighted by molar-refractivity contribution is -0.139. The monoisotopic (exact) mass is 403 g/mol. The van der Waals surface area contributed by atoms with E-state index in [-0.39, 0.29) is 39.0 Å². The van der Waals surface area contributed by atoms with Crippen LogP contribution in [0, 0.1) is 18.3 Å². The number of aromatic hydroxyl groups is 1. The van der Waals surface area contributed by atoms with Crippen molar-refractivity contribution >= 4 is 22.6 Å². The van der Waals surface area contributed by atoms with Crippen molar-refractivity contribution in [2.45, 2.75) is 19.6 Å². The van der Waals surface area contributed by atoms with Crippen molar-refractivity contribution in [1.82, 2.24) is 4.57 Å². The molecule has 150 valence electrons. The lowest BCUT2D eigenvalue weighted by Gasteiger charge is -2.16. The minimum absolute atomic E-state index is 0.00576. The Morgan fingerprint density at radius 2 is 2.07 bits per heavy atom. The van der Waals surface area contributed by atoms with Crippen molar-refractivity contribution in [3.63, 3.8) is 0 Å². The smallest absolute Gasteiger partial charge is 0.406 e. The van der Waals surface area contributed by atoms with Gasteiger partial charge in [-0.1, -0.05) is 12.1 Å². The van der Waals surface area contributed by atoms with Gasteiger partial charge in [-0.25, -0.2) is 4.79 Å². The van der Waals surface area contributed by atoms with Crippen molar-refractivity contribution in [3.05, 3.63) is 47.2 Å². The number of nitrogens with zero attached hydrogens (tertiary/aromatic N) is 2. The van der Waals surface area contributed by atoms with Crippen LogP contribution in [0.15, 0.2) is 30.5 Å². The highest BCUT2D eigenvalue weighted by molar-refractivity contribution is 6.12. The molecule has 3 rings (SSSR count). The number of esters is 1. The third kappa shape index (κ3) is 3.45. The van der Waals surface area contributed by atoms with Crippen LogP contribution in [0.2, 0.25) is 0 Å². The molecule has 29 heavy (non-hydrogen) atoms. The molecule has 0 aliphatic heterocycles. The van der Waals surface area contributed by atoms with E-state index < -0.39 is 18.7 Å². The van der Waals surface area contributed by atoms with Gasteiger partial charge in [0.1, 0.15) is 18.4 Å². The van der Waals surface area contributed by atoms with E-state index in [1.54, 1.807) is 13.0 Å². The first-order chi connectivity index (χ1) is 13.6. The van der Waals surface area contributed by atoms with Gasteiger partial charge in [0, 0.05) is 17.1 Å². The van der Waals surface area contributed by atoms with E-state index in [2.05, 4.69) is 0 Å². The number of anilines is 1. The van der Waals surface area contributed by atoms with Crippen molar-refractivity contribution in [2.75, 3.05) is 12.8 Å². The number of nitrogen functional groups attached to an aromatic ring is 1. The van der Waals surface area contributed by atoms with Crippen LogP contribution in [0.3, 0.4) is 0 Å². The van der Waals surface area contributed by atoms with Gasteiger partial charge in [-0.2, -0.15) is 18.4 Å². The summed E-state index contributed by atoms with van der Waals surface area (Å²) >= 11 is 0. The van der Waals surface area contributed by atoms with Gasteiger partial charge >= 0.3 is 12.1 Å². The molecule has 3 N–H and O–H groups in total. The second-order valence-electron chi connectivity index (χ2n) is 6.45. The summed E-state index contributed by atoms with van der Waals surface area (Å²) in [5, 5.41) is 19.8. The fourth-order valence-corrected chi connectivity index (χ4v) is 3.33. The van der Waals surface area contributed by atoms with Gasteiger partial charge in [-0.3, -0.25) is 0 Å². The number of hydrogen-bond donors (Lipinski definition) is 2. The Hall–Kier alpha value is -3.67. The van der Waals surface area contributed by atoms with E-state index in [1.165, 1.54) is 18.2 Å². The minimum Gasteiger partial charge on any atom is -0.508 e. The molecule has 0 saturated heterocycles. The van der Waals surface area contributed by atoms with Crippen LogP contribution in [0.5, 0.6) is 5.75 Å². The number of alkyl halides is 3. The summed E-state index contributed by atoms with van der Waals surface area (Å²) in [4.78, 5) is 12.2. The summed E-state index contributed by atoms with van der Waals surface area (Å²) in [5.41, 5.74) is 6.97. The molecule has 0 spiro atoms. The van der Waals surface area contributed by atoms with Crippen LogP contribution in [-0.2, 0) is 11.3 Å². The number of aromatic nitrogens is 1. The average molecular weight is 403 g/mol. The molecule has 0 fully saturated rings. The minimum atomic E-state index is -4.55. The number of phenols is 1. The van der Waals surface area contributed by atoms with Gasteiger partial charge in [-0.05, 0) is 30.2 Å². The number of halogens is 3. The second-order valence-corrected chi connectivity index (χ2v) is 6.45. The maximum absolute atomic E-state index is 13.1. The van der Waals surface area contributed by atoms with Crippen LogP contribution < -0.4 is 5.73 Å². The van der Waals surface area contributed by atoms with Gasteiger partial charge in [-0.15, -0.1) is 0 Å². The topological polar surface area (TPSA) is 101 Å². The Balaban J connectivity index is 2.51. The molecule has 0 radical (unpaired) electrons. The first-order valence-electron chi connectivity index (χ1n) is 8.38. The van der Waals surface area contributed by atoms with Crippen LogP contribution in [0.1, 0.15) is 21.5 Å². The number of carbonyl (C=O) groups is 1. The van der Waals surface area contributed by atoms with Crippen LogP contribution in [0.25, 0.3) is 22.0 Å². The van der Waals surface area contributed by atoms with Crippen LogP contribution in [-0.4, -0.2) is 28.9 Å². The molecule has 3 aromatic rings. The number of fused-ring (bicyclic) bond motifs is 1. The molecule has 0 aliphatic carbocycles. The second kappa shape index (κ2) is 7.05. The van der Waals surface area contributed by atoms with E-state index in [0.29, 0.717) is 11.1 Å². The molecule has 1 aromatic heterocycles. The molecule has 6 nitrogen and oxygen atoms in total. The quantitative estimate of drug-likeness (QED) is 0.506. The van der Waals surface area contributed by atoms with Crippen LogP contribution in [0.4, 0.5) is 18.9 Å². The van der Waals surface area contributed by atoms with Gasteiger partial charge in [0.05, 0.1) is 29.4 Å². The zero-order valence-electron chi connectivity index (χ0n) is 15.5. The zero-order valence-corrected chi connectivity index (χ0v) is 15.5. The number of benzene rings is 2. The predicted molar refractivity (Wildman–Crippen MR) is 100 cm³/mol. The van der Waals surface area contributed by atoms with Crippen molar-refractivity contribution < 1.29 is 27.8 Å². The summed E-state index contributed by atoms with van der Waals surface area (Å²) in [6.07, 6.45) is -3.48. The Bertz CT molecular complexity index is 1170. The van der Waals surface area contributed by atoms with E-state index in [0.717, 1.165) is 17.9 Å². The lowest BCUT2D eigenvalue weighted by Crippen LogP contribution is -2.17. The summed E-state index contributed by atoms with van der Waals surface area (Å²) in [5.74, 6) is -0.895. The maximum Gasteiger partial charge on any atom is 0.406 e. The molecule has 2 aromatic carbocycles. The molecular weight excluding hydrogens is 387 g/mol. The first-order valence-corrected chi connectivity index (χ1v) is 8.38. The van der Waals surface area contributed by atoms with Crippen molar-refractivity contribution in [3.8, 4) is 22.9 Å². The van der Waals surface area contributed by atoms with Crippen molar-refractivity contribution in [2.24, 2.45) is 0 Å². The van der Waals surface area contributed by atoms with E-state index in [1.807, 2.05) is 6.07 Å². The number of hydrogen-bond acceptors (Lipinski definition) is 5. The predicted octanol–water partition coefficient (Wildman–Crippen LogP) is 4.13. The highest BCUT2D eigenvalue weighted by Crippen LogP contribution is 2.42. The Kier molecular flexibility index (Phi) is 4.88. The molecule has 1 heterocycles. The first kappa shape index (κ1) is 20.1. The molecule has 0 bridgehead atoms. The molecular formula is C20H16F3N3O3. The van der Waals surface area contributed by atoms with E-state index >= 15 is 0 Å². The molecule has 0 atom stereocenters. The van der Waals surface area contributed by atoms with Crippen LogP contribution >= 0.6 is 0 Å². The largest absolute Gasteiger partial charge is 0.508 e. The van der Waals surface area contributed by atoms with Crippen molar-refractivity contribution in [1.29, 1.82) is 5.26 Å². The van der Waals surface area contributed by atoms with Gasteiger partial charge in [0.25, 0.3) is 0 Å². The number of carbonyl (C=O) groups excluding carboxylic acids is 1. The summed E-state index contributed by atoms with van der Waals surface area (Å²) in [6.45, 7) is 0.244. The van der Waals surface area contributed by atoms with Gasteiger partial charge < -0.3 is 20.1 Å². The highest BCUT2D eigenvalue weighted by Gasteiger charge is 2.31. The number of phenolic OH excluding ortho intramolecular Hbond substituents is 1. The number of nitrogens with two attached hydrogens (primary N) is 1. The average Bonchev–Trinajstić information content (AvgIpc) is 2.99. The highest BCUT2D eigenvalue weighted by atomic mass is 19.4. The molecule has 0 amide bonds. The van der Waals surface area contributed by atoms with Gasteiger partial charge in [0.2, 0.25) is 0 Å². The number of methoxy groups -OCH3 is 1. The Labute approximate surface area is 163 Å². The third-order valence-electron chi connectivity index (χ3n) is 4.66. The summed E-state index contributed by atoms with van der Waals surface area (Å²) < 4.78 is 44.8. The molecule has 0 saturated carbocycles. The third-order valence-corrected chi connectivity index (χ3v) is 4.66. The molecule has 0 unspecified atom stereocenters. The fraction of sp³-hybridized carbons (Fsp3) is 0.200. The summed E-state index contributed by atoms with van der Waals surface area (Å²) in [6, 6.07) is 7.65. The van der Waals surface area contributed by atoms with E-state index in [9.17, 15) is 28.3 Å².